The van der Waals surface area contributed by atoms with Crippen molar-refractivity contribution in [3.63, 3.8) is 0 Å². The Hall–Kier alpha value is -1.64. The van der Waals surface area contributed by atoms with Gasteiger partial charge in [0, 0.05) is 0 Å². The van der Waals surface area contributed by atoms with Crippen molar-refractivity contribution in [2.75, 3.05) is 7.11 Å². The van der Waals surface area contributed by atoms with E-state index in [1.807, 2.05) is 0 Å². The van der Waals surface area contributed by atoms with Crippen LogP contribution in [0.3, 0.4) is 0 Å². The van der Waals surface area contributed by atoms with E-state index in [0.29, 0.717) is 0 Å². The highest BCUT2D eigenvalue weighted by Gasteiger charge is 2.29. The number of methoxy groups -OCH3 is 1. The van der Waals surface area contributed by atoms with Crippen LogP contribution in [0, 0.1) is 4.77 Å². The summed E-state index contributed by atoms with van der Waals surface area (Å²) in [7, 11) is 1.36. The van der Waals surface area contributed by atoms with Gasteiger partial charge < -0.3 is 9.72 Å². The van der Waals surface area contributed by atoms with E-state index >= 15 is 0 Å². The minimum Gasteiger partial charge on any atom is -0.479 e. The molecule has 2 aromatic rings. The molecule has 5 nitrogen and oxygen atoms in total. The maximum Gasteiger partial charge on any atom is 0.406 e. The first kappa shape index (κ1) is 11.8. The number of rotatable bonds is 2. The van der Waals surface area contributed by atoms with Crippen molar-refractivity contribution >= 4 is 23.4 Å². The zero-order valence-electron chi connectivity index (χ0n) is 8.58. The average molecular weight is 264 g/mol. The van der Waals surface area contributed by atoms with Gasteiger partial charge in [0.1, 0.15) is 18.4 Å². The summed E-state index contributed by atoms with van der Waals surface area (Å²) in [6.07, 6.45) is -3.25. The minimum atomic E-state index is -4.37. The molecule has 2 heterocycles. The van der Waals surface area contributed by atoms with Crippen LogP contribution in [0.2, 0.25) is 0 Å². The zero-order valence-corrected chi connectivity index (χ0v) is 9.39. The van der Waals surface area contributed by atoms with Crippen molar-refractivity contribution in [1.29, 1.82) is 0 Å². The van der Waals surface area contributed by atoms with Crippen molar-refractivity contribution in [2.24, 2.45) is 0 Å². The second-order valence-corrected chi connectivity index (χ2v) is 3.60. The molecule has 92 valence electrons. The SMILES string of the molecule is COc1ncnc2c1[nH]c(=S)n2CC(F)(F)F. The quantitative estimate of drug-likeness (QED) is 0.843. The molecule has 0 amide bonds. The van der Waals surface area contributed by atoms with E-state index in [2.05, 4.69) is 15.0 Å². The van der Waals surface area contributed by atoms with Gasteiger partial charge in [-0.05, 0) is 12.2 Å². The molecule has 0 aliphatic rings. The average Bonchev–Trinajstić information content (AvgIpc) is 2.53. The first-order chi connectivity index (χ1) is 7.92. The third-order valence-corrected chi connectivity index (χ3v) is 2.38. The van der Waals surface area contributed by atoms with E-state index < -0.39 is 12.7 Å². The first-order valence-electron chi connectivity index (χ1n) is 4.46. The van der Waals surface area contributed by atoms with E-state index in [1.54, 1.807) is 0 Å². The lowest BCUT2D eigenvalue weighted by Gasteiger charge is -2.07. The molecular weight excluding hydrogens is 257 g/mol. The van der Waals surface area contributed by atoms with Crippen molar-refractivity contribution < 1.29 is 17.9 Å². The highest BCUT2D eigenvalue weighted by molar-refractivity contribution is 7.71. The van der Waals surface area contributed by atoms with Gasteiger partial charge in [-0.3, -0.25) is 4.57 Å². The monoisotopic (exact) mass is 264 g/mol. The number of aromatic amines is 1. The lowest BCUT2D eigenvalue weighted by atomic mass is 10.5. The van der Waals surface area contributed by atoms with Gasteiger partial charge in [0.05, 0.1) is 7.11 Å². The number of halogens is 3. The zero-order chi connectivity index (χ0) is 12.6. The standard InChI is InChI=1S/C8H7F3N4OS/c1-16-6-4-5(12-3-13-6)15(7(17)14-4)2-8(9,10)11/h3H,2H2,1H3,(H,14,17). The van der Waals surface area contributed by atoms with Crippen LogP contribution in [0.25, 0.3) is 11.2 Å². The third kappa shape index (κ3) is 2.23. The van der Waals surface area contributed by atoms with Gasteiger partial charge in [-0.15, -0.1) is 0 Å². The highest BCUT2D eigenvalue weighted by atomic mass is 32.1. The molecule has 0 aromatic carbocycles. The number of nitrogens with one attached hydrogen (secondary N) is 1. The van der Waals surface area contributed by atoms with Gasteiger partial charge in [0.25, 0.3) is 0 Å². The van der Waals surface area contributed by atoms with E-state index in [-0.39, 0.29) is 21.8 Å². The second kappa shape index (κ2) is 3.99. The number of nitrogens with zero attached hydrogens (tertiary/aromatic N) is 3. The summed E-state index contributed by atoms with van der Waals surface area (Å²) < 4.78 is 42.7. The van der Waals surface area contributed by atoms with Crippen LogP contribution in [-0.4, -0.2) is 32.8 Å². The van der Waals surface area contributed by atoms with Crippen LogP contribution in [0.5, 0.6) is 5.88 Å². The molecule has 0 atom stereocenters. The molecule has 0 saturated heterocycles. The van der Waals surface area contributed by atoms with Gasteiger partial charge in [-0.25, -0.2) is 4.98 Å². The van der Waals surface area contributed by atoms with Gasteiger partial charge >= 0.3 is 6.18 Å². The molecule has 0 radical (unpaired) electrons. The Kier molecular flexibility index (Phi) is 2.77. The van der Waals surface area contributed by atoms with E-state index in [0.717, 1.165) is 10.9 Å². The molecule has 2 aromatic heterocycles. The van der Waals surface area contributed by atoms with Gasteiger partial charge in [-0.1, -0.05) is 0 Å². The number of alkyl halides is 3. The number of ether oxygens (including phenoxy) is 1. The second-order valence-electron chi connectivity index (χ2n) is 3.21. The smallest absolute Gasteiger partial charge is 0.406 e. The van der Waals surface area contributed by atoms with Crippen molar-refractivity contribution in [2.45, 2.75) is 12.7 Å². The molecule has 0 fully saturated rings. The van der Waals surface area contributed by atoms with Crippen LogP contribution >= 0.6 is 12.2 Å². The third-order valence-electron chi connectivity index (χ3n) is 2.06. The maximum absolute atomic E-state index is 12.4. The van der Waals surface area contributed by atoms with Crippen LogP contribution in [0.1, 0.15) is 0 Å². The maximum atomic E-state index is 12.4. The number of hydrogen-bond donors (Lipinski definition) is 1. The molecule has 2 rings (SSSR count). The van der Waals surface area contributed by atoms with Crippen LogP contribution < -0.4 is 4.74 Å². The summed E-state index contributed by atoms with van der Waals surface area (Å²) in [4.78, 5) is 10.1. The topological polar surface area (TPSA) is 55.7 Å². The summed E-state index contributed by atoms with van der Waals surface area (Å²) in [5.41, 5.74) is 0.323. The molecule has 1 N–H and O–H groups in total. The van der Waals surface area contributed by atoms with Gasteiger partial charge in [0.2, 0.25) is 5.88 Å². The Morgan fingerprint density at radius 1 is 1.47 bits per heavy atom. The normalized spacial score (nSPS) is 12.0. The summed E-state index contributed by atoms with van der Waals surface area (Å²) in [6, 6.07) is 0. The summed E-state index contributed by atoms with van der Waals surface area (Å²) in [5, 5.41) is 0. The Bertz CT molecular complexity index is 603. The fourth-order valence-electron chi connectivity index (χ4n) is 1.43. The molecule has 0 spiro atoms. The van der Waals surface area contributed by atoms with Crippen LogP contribution in [0.4, 0.5) is 13.2 Å². The molecule has 9 heteroatoms. The Balaban J connectivity index is 2.65. The molecule has 0 aliphatic carbocycles. The number of hydrogen-bond acceptors (Lipinski definition) is 4. The van der Waals surface area contributed by atoms with E-state index in [1.165, 1.54) is 7.11 Å². The fraction of sp³-hybridized carbons (Fsp3) is 0.375. The van der Waals surface area contributed by atoms with Crippen LogP contribution in [-0.2, 0) is 6.54 Å². The molecule has 0 aliphatic heterocycles. The van der Waals surface area contributed by atoms with Gasteiger partial charge in [0.15, 0.2) is 10.4 Å². The van der Waals surface area contributed by atoms with Gasteiger partial charge in [-0.2, -0.15) is 18.2 Å². The van der Waals surface area contributed by atoms with Crippen molar-refractivity contribution in [1.82, 2.24) is 19.5 Å². The fourth-order valence-corrected chi connectivity index (χ4v) is 1.68. The number of aromatic nitrogens is 4. The minimum absolute atomic E-state index is 0.0687. The van der Waals surface area contributed by atoms with E-state index in [4.69, 9.17) is 17.0 Å². The number of H-pyrrole nitrogens is 1. The lowest BCUT2D eigenvalue weighted by Crippen LogP contribution is -2.18. The largest absolute Gasteiger partial charge is 0.479 e. The Morgan fingerprint density at radius 3 is 2.76 bits per heavy atom. The van der Waals surface area contributed by atoms with Crippen molar-refractivity contribution in [3.8, 4) is 5.88 Å². The summed E-state index contributed by atoms with van der Waals surface area (Å²) in [6.45, 7) is -1.20. The number of imidazole rings is 1. The van der Waals surface area contributed by atoms with Crippen LogP contribution in [0.15, 0.2) is 6.33 Å². The molecule has 0 saturated carbocycles. The Labute approximate surface area is 98.3 Å². The molecule has 17 heavy (non-hydrogen) atoms. The van der Waals surface area contributed by atoms with E-state index in [9.17, 15) is 13.2 Å². The summed E-state index contributed by atoms with van der Waals surface area (Å²) in [5.74, 6) is 0.155. The lowest BCUT2D eigenvalue weighted by molar-refractivity contribution is -0.140. The first-order valence-corrected chi connectivity index (χ1v) is 4.87. The number of fused-ring (bicyclic) bond motifs is 1. The van der Waals surface area contributed by atoms with Crippen molar-refractivity contribution in [3.05, 3.63) is 11.1 Å². The molecule has 0 unspecified atom stereocenters. The Morgan fingerprint density at radius 2 is 2.18 bits per heavy atom. The predicted molar refractivity (Wildman–Crippen MR) is 55.3 cm³/mol. The molecular formula is C8H7F3N4OS. The summed E-state index contributed by atoms with van der Waals surface area (Å²) >= 11 is 4.81. The highest BCUT2D eigenvalue weighted by Crippen LogP contribution is 2.24. The predicted octanol–water partition coefficient (Wildman–Crippen LogP) is 2.06. The molecule has 0 bridgehead atoms.